The van der Waals surface area contributed by atoms with Crippen molar-refractivity contribution in [3.63, 3.8) is 0 Å². The van der Waals surface area contributed by atoms with Crippen molar-refractivity contribution in [2.45, 2.75) is 184 Å². The molecule has 7 heteroatoms. The van der Waals surface area contributed by atoms with E-state index in [-0.39, 0.29) is 56.2 Å². The number of hydrogen-bond donors (Lipinski definition) is 0. The van der Waals surface area contributed by atoms with Crippen LogP contribution in [0.5, 0.6) is 11.5 Å². The number of benzene rings is 5. The second-order valence-corrected chi connectivity index (χ2v) is 24.8. The minimum Gasteiger partial charge on any atom is -0.872 e. The molecule has 5 aromatic carbocycles. The van der Waals surface area contributed by atoms with Gasteiger partial charge in [-0.05, 0) is 125 Å². The standard InChI is InChI=1S/2C27H39NO.C6H6.2C5H5N.Mg/c2*1-17(2)21-12-11-13-22(18(3)4)24(21)28-16-19-14-20(26(5,6)7)15-23(25(19)29)27(8,9)10;3*1-2-4-6-5-3-1;/h2*11-18,29H,1-10H3;1-6H;2*1-5H;/q;;;;;+2/p-2. The summed E-state index contributed by atoms with van der Waals surface area (Å²) in [7, 11) is 0. The Kier molecular flexibility index (Phi) is 27.0. The number of para-hydroxylation sites is 2. The molecule has 77 heavy (non-hydrogen) atoms. The molecule has 0 saturated heterocycles. The number of nitrogens with zero attached hydrogens (tertiary/aromatic N) is 4. The Morgan fingerprint density at radius 2 is 0.610 bits per heavy atom. The van der Waals surface area contributed by atoms with E-state index in [1.807, 2.05) is 84.9 Å². The molecule has 0 atom stereocenters. The molecule has 2 heterocycles. The van der Waals surface area contributed by atoms with Crippen LogP contribution < -0.4 is 10.2 Å². The third-order valence-electron chi connectivity index (χ3n) is 12.7. The molecule has 0 fully saturated rings. The quantitative estimate of drug-likeness (QED) is 0.112. The van der Waals surface area contributed by atoms with Gasteiger partial charge in [-0.3, -0.25) is 20.0 Å². The molecule has 0 bridgehead atoms. The first-order chi connectivity index (χ1) is 35.5. The van der Waals surface area contributed by atoms with Crippen molar-refractivity contribution in [3.8, 4) is 11.5 Å². The number of rotatable bonds is 8. The van der Waals surface area contributed by atoms with Gasteiger partial charge in [-0.15, -0.1) is 0 Å². The predicted octanol–water partition coefficient (Wildman–Crippen LogP) is 18.2. The third kappa shape index (κ3) is 21.8. The Morgan fingerprint density at radius 3 is 0.792 bits per heavy atom. The largest absolute Gasteiger partial charge is 2.00 e. The van der Waals surface area contributed by atoms with Gasteiger partial charge in [0.25, 0.3) is 0 Å². The first-order valence-corrected chi connectivity index (χ1v) is 27.2. The van der Waals surface area contributed by atoms with E-state index in [0.717, 1.165) is 22.5 Å². The van der Waals surface area contributed by atoms with E-state index in [0.29, 0.717) is 34.8 Å². The van der Waals surface area contributed by atoms with Gasteiger partial charge in [-0.2, -0.15) is 0 Å². The van der Waals surface area contributed by atoms with Crippen molar-refractivity contribution in [1.82, 2.24) is 9.97 Å². The molecule has 406 valence electrons. The summed E-state index contributed by atoms with van der Waals surface area (Å²) in [6.45, 7) is 43.2. The summed E-state index contributed by atoms with van der Waals surface area (Å²) in [4.78, 5) is 17.4. The summed E-state index contributed by atoms with van der Waals surface area (Å²) < 4.78 is 0. The summed E-state index contributed by atoms with van der Waals surface area (Å²) in [6, 6.07) is 44.5. The fraction of sp³-hybridized carbons (Fsp3) is 0.400. The number of hydrogen-bond acceptors (Lipinski definition) is 6. The molecule has 0 aliphatic rings. The summed E-state index contributed by atoms with van der Waals surface area (Å²) in [5.41, 5.74) is 11.8. The van der Waals surface area contributed by atoms with Crippen LogP contribution in [0.3, 0.4) is 0 Å². The Balaban J connectivity index is 0.000000391. The summed E-state index contributed by atoms with van der Waals surface area (Å²) in [5, 5.41) is 26.5. The normalized spacial score (nSPS) is 11.7. The van der Waals surface area contributed by atoms with E-state index in [1.54, 1.807) is 37.2 Å². The maximum atomic E-state index is 13.3. The fourth-order valence-corrected chi connectivity index (χ4v) is 8.07. The monoisotopic (exact) mass is 1040 g/mol. The molecule has 2 aromatic heterocycles. The summed E-state index contributed by atoms with van der Waals surface area (Å²) in [6.07, 6.45) is 10.6. The van der Waals surface area contributed by atoms with Gasteiger partial charge in [-0.25, -0.2) is 0 Å². The predicted molar refractivity (Wildman–Crippen MR) is 331 cm³/mol. The van der Waals surface area contributed by atoms with Crippen molar-refractivity contribution in [2.75, 3.05) is 0 Å². The molecule has 0 unspecified atom stereocenters. The van der Waals surface area contributed by atoms with Crippen molar-refractivity contribution in [2.24, 2.45) is 9.98 Å². The molecule has 0 saturated carbocycles. The van der Waals surface area contributed by atoms with Crippen LogP contribution in [0.1, 0.15) is 218 Å². The number of aromatic nitrogens is 2. The fourth-order valence-electron chi connectivity index (χ4n) is 8.07. The van der Waals surface area contributed by atoms with Crippen molar-refractivity contribution < 1.29 is 10.2 Å². The van der Waals surface area contributed by atoms with Gasteiger partial charge in [-0.1, -0.05) is 259 Å². The molecular formula is C70H92MgN4O2. The molecule has 0 radical (unpaired) electrons. The van der Waals surface area contributed by atoms with Crippen LogP contribution in [-0.2, 0) is 21.7 Å². The average Bonchev–Trinajstić information content (AvgIpc) is 3.36. The van der Waals surface area contributed by atoms with Crippen molar-refractivity contribution in [1.29, 1.82) is 0 Å². The topological polar surface area (TPSA) is 96.6 Å². The maximum absolute atomic E-state index is 13.3. The van der Waals surface area contributed by atoms with Crippen LogP contribution in [0.2, 0.25) is 0 Å². The first kappa shape index (κ1) is 67.2. The summed E-state index contributed by atoms with van der Waals surface area (Å²) >= 11 is 0. The molecule has 0 aliphatic carbocycles. The Labute approximate surface area is 483 Å². The third-order valence-corrected chi connectivity index (χ3v) is 12.7. The van der Waals surface area contributed by atoms with Crippen LogP contribution >= 0.6 is 0 Å². The van der Waals surface area contributed by atoms with Gasteiger partial charge >= 0.3 is 23.1 Å². The maximum Gasteiger partial charge on any atom is 2.00 e. The average molecular weight is 1050 g/mol. The molecule has 0 N–H and O–H groups in total. The Morgan fingerprint density at radius 1 is 0.364 bits per heavy atom. The molecular weight excluding hydrogens is 953 g/mol. The van der Waals surface area contributed by atoms with E-state index < -0.39 is 0 Å². The van der Waals surface area contributed by atoms with E-state index in [1.165, 1.54) is 33.4 Å². The Bertz CT molecular complexity index is 2500. The molecule has 0 amide bonds. The van der Waals surface area contributed by atoms with E-state index in [4.69, 9.17) is 9.98 Å². The SMILES string of the molecule is CC(C)c1cccc(C(C)C)c1N=Cc1cc(C(C)(C)C)cc(C(C)(C)C)c1[O-].CC(C)c1cccc(C(C)C)c1N=Cc1cc(C(C)(C)C)cc(C(C)(C)C)c1[O-].[Mg+2].c1ccccc1.c1ccncc1.c1ccncc1. The number of pyridine rings is 2. The molecule has 0 spiro atoms. The second kappa shape index (κ2) is 30.9. The van der Waals surface area contributed by atoms with Gasteiger partial charge in [0.1, 0.15) is 0 Å². The second-order valence-electron chi connectivity index (χ2n) is 24.8. The van der Waals surface area contributed by atoms with Crippen LogP contribution in [-0.4, -0.2) is 45.4 Å². The molecule has 0 aliphatic heterocycles. The zero-order chi connectivity index (χ0) is 57.0. The van der Waals surface area contributed by atoms with Gasteiger partial charge < -0.3 is 10.2 Å². The number of aliphatic imine (C=N–C) groups is 2. The van der Waals surface area contributed by atoms with Crippen LogP contribution in [0.4, 0.5) is 11.4 Å². The van der Waals surface area contributed by atoms with E-state index in [9.17, 15) is 10.2 Å². The zero-order valence-corrected chi connectivity index (χ0v) is 52.2. The van der Waals surface area contributed by atoms with Gasteiger partial charge in [0.15, 0.2) is 0 Å². The van der Waals surface area contributed by atoms with E-state index in [2.05, 4.69) is 197 Å². The zero-order valence-electron chi connectivity index (χ0n) is 50.8. The van der Waals surface area contributed by atoms with Gasteiger partial charge in [0.05, 0.1) is 11.4 Å². The van der Waals surface area contributed by atoms with E-state index >= 15 is 0 Å². The van der Waals surface area contributed by atoms with Gasteiger partial charge in [0, 0.05) is 37.2 Å². The minimum atomic E-state index is -0.208. The van der Waals surface area contributed by atoms with Crippen LogP contribution in [0, 0.1) is 0 Å². The Hall–Kier alpha value is -5.89. The minimum absolute atomic E-state index is 0. The summed E-state index contributed by atoms with van der Waals surface area (Å²) in [5.74, 6) is 1.67. The molecule has 6 nitrogen and oxygen atoms in total. The van der Waals surface area contributed by atoms with Crippen molar-refractivity contribution >= 4 is 46.9 Å². The first-order valence-electron chi connectivity index (χ1n) is 27.2. The molecule has 7 rings (SSSR count). The van der Waals surface area contributed by atoms with Crippen LogP contribution in [0.15, 0.2) is 168 Å². The van der Waals surface area contributed by atoms with Crippen LogP contribution in [0.25, 0.3) is 0 Å². The molecule has 7 aromatic rings. The van der Waals surface area contributed by atoms with Crippen molar-refractivity contribution in [3.05, 3.63) is 214 Å². The van der Waals surface area contributed by atoms with Gasteiger partial charge in [0.2, 0.25) is 0 Å². The smallest absolute Gasteiger partial charge is 0.872 e.